The third kappa shape index (κ3) is 5.57. The molecule has 0 radical (unpaired) electrons. The summed E-state index contributed by atoms with van der Waals surface area (Å²) in [5.74, 6) is 0.905. The topological polar surface area (TPSA) is 50.4 Å². The number of para-hydroxylation sites is 1. The monoisotopic (exact) mass is 390 g/mol. The molecule has 0 saturated carbocycles. The van der Waals surface area contributed by atoms with Crippen LogP contribution in [0.3, 0.4) is 0 Å². The first-order valence-corrected chi connectivity index (χ1v) is 8.78. The summed E-state index contributed by atoms with van der Waals surface area (Å²) >= 11 is 3.51. The lowest BCUT2D eigenvalue weighted by molar-refractivity contribution is -0.120. The van der Waals surface area contributed by atoms with Crippen molar-refractivity contribution in [3.63, 3.8) is 0 Å². The van der Waals surface area contributed by atoms with E-state index in [1.54, 1.807) is 7.11 Å². The molecule has 0 spiro atoms. The number of amides is 1. The largest absolute Gasteiger partial charge is 0.496 e. The molecule has 2 aromatic carbocycles. The van der Waals surface area contributed by atoms with Crippen molar-refractivity contribution >= 4 is 27.5 Å². The van der Waals surface area contributed by atoms with Gasteiger partial charge in [-0.3, -0.25) is 4.79 Å². The summed E-state index contributed by atoms with van der Waals surface area (Å²) in [6, 6.07) is 13.9. The van der Waals surface area contributed by atoms with E-state index in [1.165, 1.54) is 5.56 Å². The number of nitrogens with one attached hydrogen (secondary N) is 2. The minimum absolute atomic E-state index is 0.0450. The number of hydrogen-bond donors (Lipinski definition) is 2. The molecule has 4 nitrogen and oxygen atoms in total. The van der Waals surface area contributed by atoms with E-state index in [9.17, 15) is 4.79 Å². The molecule has 0 aromatic heterocycles. The third-order valence-electron chi connectivity index (χ3n) is 3.76. The molecule has 1 amide bonds. The van der Waals surface area contributed by atoms with Crippen molar-refractivity contribution in [1.29, 1.82) is 0 Å². The van der Waals surface area contributed by atoms with Crippen LogP contribution in [0.4, 0.5) is 5.69 Å². The summed E-state index contributed by atoms with van der Waals surface area (Å²) in [7, 11) is 1.66. The number of carbonyl (C=O) groups excluding carboxylic acids is 1. The van der Waals surface area contributed by atoms with Gasteiger partial charge >= 0.3 is 0 Å². The van der Waals surface area contributed by atoms with E-state index in [2.05, 4.69) is 26.6 Å². The Labute approximate surface area is 151 Å². The Morgan fingerprint density at radius 1 is 1.17 bits per heavy atom. The number of anilines is 1. The number of benzene rings is 2. The molecule has 0 unspecified atom stereocenters. The zero-order valence-electron chi connectivity index (χ0n) is 14.1. The molecule has 0 aliphatic rings. The molecule has 0 atom stereocenters. The Kier molecular flexibility index (Phi) is 7.12. The second-order valence-corrected chi connectivity index (χ2v) is 6.41. The summed E-state index contributed by atoms with van der Waals surface area (Å²) in [5, 5.41) is 6.20. The van der Waals surface area contributed by atoms with Gasteiger partial charge in [0.05, 0.1) is 7.11 Å². The first kappa shape index (κ1) is 18.3. The molecular weight excluding hydrogens is 368 g/mol. The van der Waals surface area contributed by atoms with Crippen molar-refractivity contribution < 1.29 is 9.53 Å². The van der Waals surface area contributed by atoms with Crippen molar-refractivity contribution in [3.05, 3.63) is 58.1 Å². The van der Waals surface area contributed by atoms with Crippen LogP contribution in [0.25, 0.3) is 0 Å². The molecule has 24 heavy (non-hydrogen) atoms. The molecule has 2 N–H and O–H groups in total. The highest BCUT2D eigenvalue weighted by atomic mass is 79.9. The van der Waals surface area contributed by atoms with Crippen LogP contribution in [-0.2, 0) is 11.2 Å². The van der Waals surface area contributed by atoms with E-state index < -0.39 is 0 Å². The van der Waals surface area contributed by atoms with Crippen LogP contribution in [0.5, 0.6) is 5.75 Å². The van der Waals surface area contributed by atoms with Gasteiger partial charge in [0.1, 0.15) is 5.75 Å². The van der Waals surface area contributed by atoms with E-state index in [-0.39, 0.29) is 5.91 Å². The predicted molar refractivity (Wildman–Crippen MR) is 102 cm³/mol. The van der Waals surface area contributed by atoms with Gasteiger partial charge in [-0.15, -0.1) is 0 Å². The van der Waals surface area contributed by atoms with Crippen LogP contribution in [0.1, 0.15) is 17.5 Å². The van der Waals surface area contributed by atoms with E-state index >= 15 is 0 Å². The summed E-state index contributed by atoms with van der Waals surface area (Å²) in [6.07, 6.45) is 1.20. The van der Waals surface area contributed by atoms with Gasteiger partial charge in [0.15, 0.2) is 0 Å². The first-order chi connectivity index (χ1) is 11.6. The summed E-state index contributed by atoms with van der Waals surface area (Å²) in [6.45, 7) is 3.26. The SMILES string of the molecule is COc1ccccc1CCNC(=O)CCNc1ccc(C)c(Br)c1. The van der Waals surface area contributed by atoms with Crippen LogP contribution in [-0.4, -0.2) is 26.1 Å². The average Bonchev–Trinajstić information content (AvgIpc) is 2.58. The van der Waals surface area contributed by atoms with Crippen molar-refractivity contribution in [2.24, 2.45) is 0 Å². The van der Waals surface area contributed by atoms with Gasteiger partial charge in [0.25, 0.3) is 0 Å². The van der Waals surface area contributed by atoms with E-state index in [0.717, 1.165) is 27.9 Å². The highest BCUT2D eigenvalue weighted by Crippen LogP contribution is 2.20. The van der Waals surface area contributed by atoms with Gasteiger partial charge in [-0.25, -0.2) is 0 Å². The maximum absolute atomic E-state index is 11.9. The summed E-state index contributed by atoms with van der Waals surface area (Å²) in [5.41, 5.74) is 3.30. The highest BCUT2D eigenvalue weighted by Gasteiger charge is 2.04. The number of hydrogen-bond acceptors (Lipinski definition) is 3. The fraction of sp³-hybridized carbons (Fsp3) is 0.316. The fourth-order valence-electron chi connectivity index (χ4n) is 2.36. The smallest absolute Gasteiger partial charge is 0.221 e. The molecule has 2 aromatic rings. The van der Waals surface area contributed by atoms with Crippen molar-refractivity contribution in [2.45, 2.75) is 19.8 Å². The minimum atomic E-state index is 0.0450. The Morgan fingerprint density at radius 2 is 1.96 bits per heavy atom. The molecule has 0 fully saturated rings. The molecular formula is C19H23BrN2O2. The Balaban J connectivity index is 1.69. The van der Waals surface area contributed by atoms with Crippen LogP contribution in [0.2, 0.25) is 0 Å². The number of aryl methyl sites for hydroxylation is 1. The molecule has 2 rings (SSSR count). The standard InChI is InChI=1S/C19H23BrN2O2/c1-14-7-8-16(13-17(14)20)21-12-10-19(23)22-11-9-15-5-3-4-6-18(15)24-2/h3-8,13,21H,9-12H2,1-2H3,(H,22,23). The number of carbonyl (C=O) groups is 1. The van der Waals surface area contributed by atoms with E-state index in [4.69, 9.17) is 4.74 Å². The van der Waals surface area contributed by atoms with Crippen LogP contribution >= 0.6 is 15.9 Å². The number of methoxy groups -OCH3 is 1. The van der Waals surface area contributed by atoms with Gasteiger partial charge in [0.2, 0.25) is 5.91 Å². The van der Waals surface area contributed by atoms with Gasteiger partial charge in [-0.2, -0.15) is 0 Å². The van der Waals surface area contributed by atoms with Crippen LogP contribution in [0, 0.1) is 6.92 Å². The zero-order chi connectivity index (χ0) is 17.4. The first-order valence-electron chi connectivity index (χ1n) is 7.99. The second kappa shape index (κ2) is 9.33. The maximum atomic E-state index is 11.9. The van der Waals surface area contributed by atoms with Gasteiger partial charge in [-0.05, 0) is 42.7 Å². The molecule has 0 aliphatic heterocycles. The normalized spacial score (nSPS) is 10.3. The zero-order valence-corrected chi connectivity index (χ0v) is 15.7. The Bertz CT molecular complexity index is 689. The van der Waals surface area contributed by atoms with Crippen molar-refractivity contribution in [1.82, 2.24) is 5.32 Å². The van der Waals surface area contributed by atoms with Gasteiger partial charge in [0, 0.05) is 29.7 Å². The van der Waals surface area contributed by atoms with Crippen LogP contribution in [0.15, 0.2) is 46.9 Å². The molecule has 0 aliphatic carbocycles. The van der Waals surface area contributed by atoms with Gasteiger partial charge < -0.3 is 15.4 Å². The van der Waals surface area contributed by atoms with E-state index in [1.807, 2.05) is 49.4 Å². The number of ether oxygens (including phenoxy) is 1. The Morgan fingerprint density at radius 3 is 2.71 bits per heavy atom. The lowest BCUT2D eigenvalue weighted by Crippen LogP contribution is -2.27. The maximum Gasteiger partial charge on any atom is 0.221 e. The lowest BCUT2D eigenvalue weighted by atomic mass is 10.1. The molecule has 128 valence electrons. The van der Waals surface area contributed by atoms with E-state index in [0.29, 0.717) is 19.5 Å². The van der Waals surface area contributed by atoms with Crippen LogP contribution < -0.4 is 15.4 Å². The van der Waals surface area contributed by atoms with Crippen molar-refractivity contribution in [3.8, 4) is 5.75 Å². The number of rotatable bonds is 8. The quantitative estimate of drug-likeness (QED) is 0.717. The minimum Gasteiger partial charge on any atom is -0.496 e. The molecule has 0 heterocycles. The average molecular weight is 391 g/mol. The number of halogens is 1. The van der Waals surface area contributed by atoms with Crippen molar-refractivity contribution in [2.75, 3.05) is 25.5 Å². The fourth-order valence-corrected chi connectivity index (χ4v) is 2.74. The second-order valence-electron chi connectivity index (χ2n) is 5.55. The molecule has 0 saturated heterocycles. The lowest BCUT2D eigenvalue weighted by Gasteiger charge is -2.10. The molecule has 0 bridgehead atoms. The molecule has 5 heteroatoms. The summed E-state index contributed by atoms with van der Waals surface area (Å²) < 4.78 is 6.37. The Hall–Kier alpha value is -2.01. The highest BCUT2D eigenvalue weighted by molar-refractivity contribution is 9.10. The third-order valence-corrected chi connectivity index (χ3v) is 4.62. The summed E-state index contributed by atoms with van der Waals surface area (Å²) in [4.78, 5) is 11.9. The van der Waals surface area contributed by atoms with Gasteiger partial charge in [-0.1, -0.05) is 40.2 Å². The predicted octanol–water partition coefficient (Wildman–Crippen LogP) is 3.93.